The maximum absolute atomic E-state index is 11.4. The molecule has 3 heteroatoms. The molecule has 0 saturated heterocycles. The maximum atomic E-state index is 11.4. The molecular formula is C9H17NO2. The van der Waals surface area contributed by atoms with E-state index in [0.29, 0.717) is 0 Å². The van der Waals surface area contributed by atoms with Crippen molar-refractivity contribution in [1.82, 2.24) is 4.90 Å². The minimum absolute atomic E-state index is 0.00731. The van der Waals surface area contributed by atoms with E-state index in [0.717, 1.165) is 6.29 Å². The highest BCUT2D eigenvalue weighted by Gasteiger charge is 2.31. The zero-order chi connectivity index (χ0) is 9.94. The topological polar surface area (TPSA) is 37.4 Å². The SMILES string of the molecule is CC(C(=O)N(C)C)C(C)(C)C=O. The number of carbonyl (C=O) groups excluding carboxylic acids is 2. The summed E-state index contributed by atoms with van der Waals surface area (Å²) in [5, 5.41) is 0. The first kappa shape index (κ1) is 11.1. The van der Waals surface area contributed by atoms with Crippen LogP contribution in [0.1, 0.15) is 20.8 Å². The van der Waals surface area contributed by atoms with Crippen LogP contribution in [0.5, 0.6) is 0 Å². The fourth-order valence-electron chi connectivity index (χ4n) is 0.808. The zero-order valence-electron chi connectivity index (χ0n) is 8.42. The smallest absolute Gasteiger partial charge is 0.225 e. The van der Waals surface area contributed by atoms with Gasteiger partial charge >= 0.3 is 0 Å². The van der Waals surface area contributed by atoms with E-state index in [1.54, 1.807) is 34.9 Å². The molecule has 0 aliphatic heterocycles. The number of nitrogens with zero attached hydrogens (tertiary/aromatic N) is 1. The molecule has 1 unspecified atom stereocenters. The van der Waals surface area contributed by atoms with Gasteiger partial charge in [-0.15, -0.1) is 0 Å². The second-order valence-corrected chi connectivity index (χ2v) is 3.89. The second-order valence-electron chi connectivity index (χ2n) is 3.89. The van der Waals surface area contributed by atoms with Crippen molar-refractivity contribution in [1.29, 1.82) is 0 Å². The van der Waals surface area contributed by atoms with Gasteiger partial charge in [-0.3, -0.25) is 4.79 Å². The molecule has 0 aromatic carbocycles. The van der Waals surface area contributed by atoms with Gasteiger partial charge in [0.05, 0.1) is 0 Å². The van der Waals surface area contributed by atoms with Crippen LogP contribution in [0.25, 0.3) is 0 Å². The Morgan fingerprint density at radius 1 is 1.42 bits per heavy atom. The lowest BCUT2D eigenvalue weighted by Crippen LogP contribution is -2.37. The normalized spacial score (nSPS) is 13.8. The quantitative estimate of drug-likeness (QED) is 0.592. The van der Waals surface area contributed by atoms with Crippen LogP contribution in [-0.4, -0.2) is 31.2 Å². The Kier molecular flexibility index (Phi) is 3.43. The molecule has 0 radical (unpaired) electrons. The van der Waals surface area contributed by atoms with Gasteiger partial charge in [-0.05, 0) is 0 Å². The molecule has 0 spiro atoms. The fourth-order valence-corrected chi connectivity index (χ4v) is 0.808. The van der Waals surface area contributed by atoms with Crippen LogP contribution in [0.15, 0.2) is 0 Å². The van der Waals surface area contributed by atoms with Crippen LogP contribution in [0.2, 0.25) is 0 Å². The van der Waals surface area contributed by atoms with E-state index in [9.17, 15) is 9.59 Å². The van der Waals surface area contributed by atoms with E-state index in [1.807, 2.05) is 0 Å². The third-order valence-electron chi connectivity index (χ3n) is 2.23. The first-order valence-corrected chi connectivity index (χ1v) is 4.00. The number of hydrogen-bond acceptors (Lipinski definition) is 2. The van der Waals surface area contributed by atoms with Gasteiger partial charge in [0.25, 0.3) is 0 Å². The maximum Gasteiger partial charge on any atom is 0.225 e. The molecule has 0 bridgehead atoms. The van der Waals surface area contributed by atoms with Gasteiger partial charge in [-0.1, -0.05) is 20.8 Å². The van der Waals surface area contributed by atoms with Crippen LogP contribution in [0.4, 0.5) is 0 Å². The Bertz CT molecular complexity index is 185. The number of amides is 1. The molecule has 0 fully saturated rings. The summed E-state index contributed by atoms with van der Waals surface area (Å²) < 4.78 is 0. The third-order valence-corrected chi connectivity index (χ3v) is 2.23. The minimum Gasteiger partial charge on any atom is -0.349 e. The van der Waals surface area contributed by atoms with Crippen LogP contribution in [-0.2, 0) is 9.59 Å². The number of rotatable bonds is 3. The summed E-state index contributed by atoms with van der Waals surface area (Å²) >= 11 is 0. The molecule has 0 heterocycles. The summed E-state index contributed by atoms with van der Waals surface area (Å²) in [6.45, 7) is 5.31. The summed E-state index contributed by atoms with van der Waals surface area (Å²) in [4.78, 5) is 23.5. The highest BCUT2D eigenvalue weighted by Crippen LogP contribution is 2.24. The minimum atomic E-state index is -0.568. The van der Waals surface area contributed by atoms with Crippen molar-refractivity contribution in [3.63, 3.8) is 0 Å². The predicted octanol–water partition coefficient (Wildman–Crippen LogP) is 0.936. The monoisotopic (exact) mass is 171 g/mol. The largest absolute Gasteiger partial charge is 0.349 e. The molecule has 0 N–H and O–H groups in total. The van der Waals surface area contributed by atoms with Crippen LogP contribution >= 0.6 is 0 Å². The van der Waals surface area contributed by atoms with Gasteiger partial charge in [-0.2, -0.15) is 0 Å². The Labute approximate surface area is 73.7 Å². The van der Waals surface area contributed by atoms with Gasteiger partial charge in [0.2, 0.25) is 5.91 Å². The summed E-state index contributed by atoms with van der Waals surface area (Å²) in [6.07, 6.45) is 0.832. The van der Waals surface area contributed by atoms with E-state index in [4.69, 9.17) is 0 Å². The predicted molar refractivity (Wildman–Crippen MR) is 47.7 cm³/mol. The van der Waals surface area contributed by atoms with Gasteiger partial charge in [0, 0.05) is 25.4 Å². The molecule has 0 aromatic rings. The Balaban J connectivity index is 4.49. The van der Waals surface area contributed by atoms with Gasteiger partial charge in [0.1, 0.15) is 6.29 Å². The highest BCUT2D eigenvalue weighted by molar-refractivity contribution is 5.82. The first-order valence-electron chi connectivity index (χ1n) is 4.00. The first-order chi connectivity index (χ1) is 5.33. The third kappa shape index (κ3) is 2.32. The average molecular weight is 171 g/mol. The summed E-state index contributed by atoms with van der Waals surface area (Å²) in [5.74, 6) is -0.267. The molecule has 0 saturated carbocycles. The van der Waals surface area contributed by atoms with E-state index < -0.39 is 5.41 Å². The van der Waals surface area contributed by atoms with E-state index in [1.165, 1.54) is 4.90 Å². The van der Waals surface area contributed by atoms with Crippen molar-refractivity contribution in [3.05, 3.63) is 0 Å². The Morgan fingerprint density at radius 3 is 2.08 bits per heavy atom. The highest BCUT2D eigenvalue weighted by atomic mass is 16.2. The van der Waals surface area contributed by atoms with E-state index in [2.05, 4.69) is 0 Å². The summed E-state index contributed by atoms with van der Waals surface area (Å²) in [7, 11) is 3.39. The van der Waals surface area contributed by atoms with E-state index >= 15 is 0 Å². The second kappa shape index (κ2) is 3.70. The van der Waals surface area contributed by atoms with Crippen LogP contribution in [0, 0.1) is 11.3 Å². The molecule has 12 heavy (non-hydrogen) atoms. The molecular weight excluding hydrogens is 154 g/mol. The average Bonchev–Trinajstić information content (AvgIpc) is 2.01. The molecule has 70 valence electrons. The van der Waals surface area contributed by atoms with Crippen LogP contribution in [0.3, 0.4) is 0 Å². The van der Waals surface area contributed by atoms with Crippen molar-refractivity contribution in [3.8, 4) is 0 Å². The number of carbonyl (C=O) groups is 2. The van der Waals surface area contributed by atoms with Crippen molar-refractivity contribution >= 4 is 12.2 Å². The van der Waals surface area contributed by atoms with Gasteiger partial charge in [0.15, 0.2) is 0 Å². The molecule has 0 aliphatic carbocycles. The van der Waals surface area contributed by atoms with Crippen molar-refractivity contribution in [2.75, 3.05) is 14.1 Å². The van der Waals surface area contributed by atoms with Crippen molar-refractivity contribution < 1.29 is 9.59 Å². The summed E-state index contributed by atoms with van der Waals surface area (Å²) in [6, 6.07) is 0. The molecule has 1 amide bonds. The standard InChI is InChI=1S/C9H17NO2/c1-7(8(12)10(4)5)9(2,3)6-11/h6-7H,1-5H3. The Morgan fingerprint density at radius 2 is 1.83 bits per heavy atom. The van der Waals surface area contributed by atoms with E-state index in [-0.39, 0.29) is 11.8 Å². The van der Waals surface area contributed by atoms with Gasteiger partial charge < -0.3 is 9.69 Å². The molecule has 0 rings (SSSR count). The summed E-state index contributed by atoms with van der Waals surface area (Å²) in [5.41, 5.74) is -0.568. The lowest BCUT2D eigenvalue weighted by molar-refractivity contribution is -0.138. The molecule has 3 nitrogen and oxygen atoms in total. The molecule has 1 atom stereocenters. The molecule has 0 aromatic heterocycles. The Hall–Kier alpha value is -0.860. The molecule has 0 aliphatic rings. The number of aldehydes is 1. The van der Waals surface area contributed by atoms with Gasteiger partial charge in [-0.25, -0.2) is 0 Å². The van der Waals surface area contributed by atoms with Crippen molar-refractivity contribution in [2.45, 2.75) is 20.8 Å². The lowest BCUT2D eigenvalue weighted by atomic mass is 9.81. The van der Waals surface area contributed by atoms with Crippen LogP contribution < -0.4 is 0 Å². The zero-order valence-corrected chi connectivity index (χ0v) is 8.42. The number of hydrogen-bond donors (Lipinski definition) is 0. The lowest BCUT2D eigenvalue weighted by Gasteiger charge is -2.27. The van der Waals surface area contributed by atoms with Crippen molar-refractivity contribution in [2.24, 2.45) is 11.3 Å². The fraction of sp³-hybridized carbons (Fsp3) is 0.778.